The van der Waals surface area contributed by atoms with Crippen LogP contribution >= 0.6 is 11.8 Å². The number of anilines is 1. The molecule has 0 heterocycles. The molecule has 0 aliphatic carbocycles. The van der Waals surface area contributed by atoms with Crippen molar-refractivity contribution < 1.29 is 9.53 Å². The van der Waals surface area contributed by atoms with Gasteiger partial charge in [-0.15, -0.1) is 11.8 Å². The summed E-state index contributed by atoms with van der Waals surface area (Å²) in [5, 5.41) is 11.6. The fourth-order valence-corrected chi connectivity index (χ4v) is 2.84. The van der Waals surface area contributed by atoms with Crippen LogP contribution in [0, 0.1) is 11.3 Å². The predicted molar refractivity (Wildman–Crippen MR) is 93.5 cm³/mol. The van der Waals surface area contributed by atoms with E-state index in [1.54, 1.807) is 19.2 Å². The van der Waals surface area contributed by atoms with Gasteiger partial charge in [-0.2, -0.15) is 5.26 Å². The van der Waals surface area contributed by atoms with E-state index in [1.165, 1.54) is 11.8 Å². The number of para-hydroxylation sites is 2. The first-order valence-corrected chi connectivity index (χ1v) is 8.23. The molecule has 23 heavy (non-hydrogen) atoms. The normalized spacial score (nSPS) is 11.3. The number of benzene rings is 2. The number of carbonyl (C=O) groups excluding carboxylic acids is 1. The molecule has 4 nitrogen and oxygen atoms in total. The summed E-state index contributed by atoms with van der Waals surface area (Å²) in [6.45, 7) is 1.86. The van der Waals surface area contributed by atoms with Crippen molar-refractivity contribution in [2.45, 2.75) is 17.9 Å². The van der Waals surface area contributed by atoms with Gasteiger partial charge in [0.15, 0.2) is 0 Å². The molecule has 1 unspecified atom stereocenters. The van der Waals surface area contributed by atoms with Gasteiger partial charge in [0.25, 0.3) is 0 Å². The SMILES string of the molecule is COc1ccccc1NC(=O)C(C)SCc1cccc(C#N)c1. The molecule has 0 aromatic heterocycles. The molecule has 2 aromatic carbocycles. The smallest absolute Gasteiger partial charge is 0.237 e. The van der Waals surface area contributed by atoms with Gasteiger partial charge in [0.05, 0.1) is 29.7 Å². The zero-order chi connectivity index (χ0) is 16.7. The number of rotatable bonds is 6. The highest BCUT2D eigenvalue weighted by Gasteiger charge is 2.15. The summed E-state index contributed by atoms with van der Waals surface area (Å²) in [6, 6.07) is 16.9. The average Bonchev–Trinajstić information content (AvgIpc) is 2.60. The van der Waals surface area contributed by atoms with Crippen molar-refractivity contribution in [3.05, 3.63) is 59.7 Å². The van der Waals surface area contributed by atoms with Crippen LogP contribution in [0.1, 0.15) is 18.1 Å². The summed E-state index contributed by atoms with van der Waals surface area (Å²) in [6.07, 6.45) is 0. The van der Waals surface area contributed by atoms with Crippen molar-refractivity contribution in [3.63, 3.8) is 0 Å². The Labute approximate surface area is 140 Å². The van der Waals surface area contributed by atoms with Gasteiger partial charge in [0, 0.05) is 5.75 Å². The minimum Gasteiger partial charge on any atom is -0.495 e. The van der Waals surface area contributed by atoms with E-state index in [4.69, 9.17) is 10.00 Å². The van der Waals surface area contributed by atoms with Gasteiger partial charge in [0.2, 0.25) is 5.91 Å². The highest BCUT2D eigenvalue weighted by Crippen LogP contribution is 2.25. The molecule has 0 spiro atoms. The zero-order valence-electron chi connectivity index (χ0n) is 13.1. The Morgan fingerprint density at radius 1 is 1.30 bits per heavy atom. The molecule has 0 fully saturated rings. The molecule has 118 valence electrons. The van der Waals surface area contributed by atoms with E-state index in [9.17, 15) is 4.79 Å². The number of thioether (sulfide) groups is 1. The lowest BCUT2D eigenvalue weighted by atomic mass is 10.2. The van der Waals surface area contributed by atoms with Gasteiger partial charge in [-0.3, -0.25) is 4.79 Å². The highest BCUT2D eigenvalue weighted by atomic mass is 32.2. The number of hydrogen-bond donors (Lipinski definition) is 1. The van der Waals surface area contributed by atoms with Crippen molar-refractivity contribution in [1.29, 1.82) is 5.26 Å². The van der Waals surface area contributed by atoms with E-state index in [1.807, 2.05) is 43.3 Å². The number of carbonyl (C=O) groups is 1. The van der Waals surface area contributed by atoms with E-state index in [2.05, 4.69) is 11.4 Å². The van der Waals surface area contributed by atoms with Crippen LogP contribution < -0.4 is 10.1 Å². The molecule has 1 amide bonds. The fourth-order valence-electron chi connectivity index (χ4n) is 2.01. The Morgan fingerprint density at radius 3 is 2.83 bits per heavy atom. The van der Waals surface area contributed by atoms with Crippen molar-refractivity contribution >= 4 is 23.4 Å². The van der Waals surface area contributed by atoms with Gasteiger partial charge in [-0.05, 0) is 36.8 Å². The number of hydrogen-bond acceptors (Lipinski definition) is 4. The molecular formula is C18H18N2O2S. The van der Waals surface area contributed by atoms with Crippen LogP contribution in [0.4, 0.5) is 5.69 Å². The van der Waals surface area contributed by atoms with Gasteiger partial charge in [-0.1, -0.05) is 24.3 Å². The summed E-state index contributed by atoms with van der Waals surface area (Å²) in [4.78, 5) is 12.3. The summed E-state index contributed by atoms with van der Waals surface area (Å²) in [7, 11) is 1.57. The lowest BCUT2D eigenvalue weighted by molar-refractivity contribution is -0.115. The first-order valence-electron chi connectivity index (χ1n) is 7.18. The molecule has 0 aliphatic heterocycles. The topological polar surface area (TPSA) is 62.1 Å². The van der Waals surface area contributed by atoms with Crippen LogP contribution in [0.25, 0.3) is 0 Å². The second-order valence-corrected chi connectivity index (χ2v) is 6.28. The molecule has 0 saturated carbocycles. The summed E-state index contributed by atoms with van der Waals surface area (Å²) < 4.78 is 5.23. The summed E-state index contributed by atoms with van der Waals surface area (Å²) in [5.41, 5.74) is 2.33. The largest absolute Gasteiger partial charge is 0.495 e. The third-order valence-corrected chi connectivity index (χ3v) is 4.50. The Kier molecular flexibility index (Phi) is 6.07. The molecule has 0 radical (unpaired) electrons. The highest BCUT2D eigenvalue weighted by molar-refractivity contribution is 7.99. The lowest BCUT2D eigenvalue weighted by Gasteiger charge is -2.14. The number of methoxy groups -OCH3 is 1. The monoisotopic (exact) mass is 326 g/mol. The Bertz CT molecular complexity index is 725. The maximum absolute atomic E-state index is 12.3. The second kappa shape index (κ2) is 8.25. The van der Waals surface area contributed by atoms with Crippen molar-refractivity contribution in [2.75, 3.05) is 12.4 Å². The number of amides is 1. The molecule has 5 heteroatoms. The number of ether oxygens (including phenoxy) is 1. The van der Waals surface area contributed by atoms with E-state index in [-0.39, 0.29) is 11.2 Å². The minimum atomic E-state index is -0.217. The van der Waals surface area contributed by atoms with Crippen molar-refractivity contribution in [1.82, 2.24) is 0 Å². The number of nitriles is 1. The number of nitrogens with one attached hydrogen (secondary N) is 1. The van der Waals surface area contributed by atoms with E-state index < -0.39 is 0 Å². The first-order chi connectivity index (χ1) is 11.1. The maximum Gasteiger partial charge on any atom is 0.237 e. The molecule has 2 aromatic rings. The van der Waals surface area contributed by atoms with Gasteiger partial charge >= 0.3 is 0 Å². The van der Waals surface area contributed by atoms with Crippen molar-refractivity contribution in [3.8, 4) is 11.8 Å². The Hall–Kier alpha value is -2.45. The van der Waals surface area contributed by atoms with E-state index >= 15 is 0 Å². The molecular weight excluding hydrogens is 308 g/mol. The number of nitrogens with zero attached hydrogens (tertiary/aromatic N) is 1. The average molecular weight is 326 g/mol. The quantitative estimate of drug-likeness (QED) is 0.876. The van der Waals surface area contributed by atoms with Crippen LogP contribution in [-0.2, 0) is 10.5 Å². The van der Waals surface area contributed by atoms with Crippen molar-refractivity contribution in [2.24, 2.45) is 0 Å². The second-order valence-electron chi connectivity index (χ2n) is 4.95. The summed E-state index contributed by atoms with van der Waals surface area (Å²) >= 11 is 1.53. The van der Waals surface area contributed by atoms with Crippen LogP contribution in [0.15, 0.2) is 48.5 Å². The molecule has 0 saturated heterocycles. The third-order valence-electron chi connectivity index (χ3n) is 3.29. The summed E-state index contributed by atoms with van der Waals surface area (Å²) in [5.74, 6) is 1.24. The van der Waals surface area contributed by atoms with Gasteiger partial charge in [-0.25, -0.2) is 0 Å². The minimum absolute atomic E-state index is 0.0732. The van der Waals surface area contributed by atoms with Gasteiger partial charge in [0.1, 0.15) is 5.75 Å². The van der Waals surface area contributed by atoms with Crippen LogP contribution in [0.2, 0.25) is 0 Å². The molecule has 1 atom stereocenters. The molecule has 0 bridgehead atoms. The van der Waals surface area contributed by atoms with Gasteiger partial charge < -0.3 is 10.1 Å². The molecule has 2 rings (SSSR count). The van der Waals surface area contributed by atoms with E-state index in [0.717, 1.165) is 5.56 Å². The van der Waals surface area contributed by atoms with Crippen LogP contribution in [0.3, 0.4) is 0 Å². The van der Waals surface area contributed by atoms with Crippen LogP contribution in [-0.4, -0.2) is 18.3 Å². The molecule has 1 N–H and O–H groups in total. The molecule has 0 aliphatic rings. The predicted octanol–water partition coefficient (Wildman–Crippen LogP) is 3.83. The maximum atomic E-state index is 12.3. The Balaban J connectivity index is 1.93. The fraction of sp³-hybridized carbons (Fsp3) is 0.222. The Morgan fingerprint density at radius 2 is 2.09 bits per heavy atom. The first kappa shape index (κ1) is 16.9. The third kappa shape index (κ3) is 4.76. The standard InChI is InChI=1S/C18H18N2O2S/c1-13(23-12-15-7-5-6-14(10-15)11-19)18(21)20-16-8-3-4-9-17(16)22-2/h3-10,13H,12H2,1-2H3,(H,20,21). The lowest BCUT2D eigenvalue weighted by Crippen LogP contribution is -2.22. The van der Waals surface area contributed by atoms with E-state index in [0.29, 0.717) is 22.8 Å². The zero-order valence-corrected chi connectivity index (χ0v) is 13.9. The van der Waals surface area contributed by atoms with Crippen LogP contribution in [0.5, 0.6) is 5.75 Å².